The smallest absolute Gasteiger partial charge is 0.127 e. The lowest BCUT2D eigenvalue weighted by molar-refractivity contribution is 0.450. The van der Waals surface area contributed by atoms with Gasteiger partial charge in [0.1, 0.15) is 11.5 Å². The first-order valence-corrected chi connectivity index (χ1v) is 9.91. The van der Waals surface area contributed by atoms with Gasteiger partial charge >= 0.3 is 0 Å². The van der Waals surface area contributed by atoms with Gasteiger partial charge in [-0.25, -0.2) is 0 Å². The number of hydrogen-bond donors (Lipinski definition) is 0. The van der Waals surface area contributed by atoms with Crippen molar-refractivity contribution in [3.8, 4) is 23.8 Å². The lowest BCUT2D eigenvalue weighted by Gasteiger charge is -2.27. The Bertz CT molecular complexity index is 936. The molecule has 3 aromatic carbocycles. The van der Waals surface area contributed by atoms with Crippen LogP contribution in [0.1, 0.15) is 43.7 Å². The molecule has 0 aliphatic heterocycles. The summed E-state index contributed by atoms with van der Waals surface area (Å²) in [7, 11) is 0. The molecule has 28 heavy (non-hydrogen) atoms. The van der Waals surface area contributed by atoms with E-state index in [4.69, 9.17) is 22.8 Å². The molecule has 0 radical (unpaired) electrons. The Morgan fingerprint density at radius 3 is 2.29 bits per heavy atom. The van der Waals surface area contributed by atoms with E-state index in [9.17, 15) is 0 Å². The standard InChI is InChI=1S/C26H25ClO/c1-4-20(17-18-26(2,3)22-13-15-23(27)16-14-22)21-9-8-12-25(19-21)28-24-10-6-5-7-11-24/h1,5-16,19-20H,17-18H2,2-3H3. The number of hydrogen-bond acceptors (Lipinski definition) is 1. The third-order valence-electron chi connectivity index (χ3n) is 5.12. The fourth-order valence-electron chi connectivity index (χ4n) is 3.32. The summed E-state index contributed by atoms with van der Waals surface area (Å²) >= 11 is 6.03. The summed E-state index contributed by atoms with van der Waals surface area (Å²) in [4.78, 5) is 0. The highest BCUT2D eigenvalue weighted by molar-refractivity contribution is 6.30. The highest BCUT2D eigenvalue weighted by atomic mass is 35.5. The molecule has 1 atom stereocenters. The quantitative estimate of drug-likeness (QED) is 0.378. The monoisotopic (exact) mass is 388 g/mol. The predicted octanol–water partition coefficient (Wildman–Crippen LogP) is 7.61. The minimum absolute atomic E-state index is 0.0256. The number of rotatable bonds is 7. The van der Waals surface area contributed by atoms with Crippen molar-refractivity contribution in [2.45, 2.75) is 38.0 Å². The first-order chi connectivity index (χ1) is 13.5. The molecular weight excluding hydrogens is 364 g/mol. The predicted molar refractivity (Wildman–Crippen MR) is 118 cm³/mol. The third kappa shape index (κ3) is 5.18. The number of terminal acetylenes is 1. The minimum Gasteiger partial charge on any atom is -0.457 e. The van der Waals surface area contributed by atoms with Gasteiger partial charge in [0.2, 0.25) is 0 Å². The Morgan fingerprint density at radius 2 is 1.61 bits per heavy atom. The molecule has 0 heterocycles. The van der Waals surface area contributed by atoms with Crippen LogP contribution in [0.4, 0.5) is 0 Å². The average Bonchev–Trinajstić information content (AvgIpc) is 2.70. The number of ether oxygens (including phenoxy) is 1. The van der Waals surface area contributed by atoms with Crippen molar-refractivity contribution in [1.82, 2.24) is 0 Å². The zero-order valence-corrected chi connectivity index (χ0v) is 17.1. The van der Waals surface area contributed by atoms with Gasteiger partial charge in [-0.3, -0.25) is 0 Å². The van der Waals surface area contributed by atoms with Crippen molar-refractivity contribution in [3.63, 3.8) is 0 Å². The van der Waals surface area contributed by atoms with Gasteiger partial charge in [0, 0.05) is 10.9 Å². The highest BCUT2D eigenvalue weighted by Gasteiger charge is 2.22. The van der Waals surface area contributed by atoms with E-state index in [1.165, 1.54) is 5.56 Å². The summed E-state index contributed by atoms with van der Waals surface area (Å²) in [6.07, 6.45) is 7.77. The van der Waals surface area contributed by atoms with Crippen molar-refractivity contribution in [2.75, 3.05) is 0 Å². The summed E-state index contributed by atoms with van der Waals surface area (Å²) in [6, 6.07) is 26.0. The highest BCUT2D eigenvalue weighted by Crippen LogP contribution is 2.34. The Balaban J connectivity index is 1.70. The molecule has 0 spiro atoms. The number of halogens is 1. The van der Waals surface area contributed by atoms with Gasteiger partial charge in [0.15, 0.2) is 0 Å². The molecule has 0 N–H and O–H groups in total. The van der Waals surface area contributed by atoms with Gasteiger partial charge in [-0.05, 0) is 65.8 Å². The molecule has 0 saturated carbocycles. The molecule has 0 bridgehead atoms. The number of benzene rings is 3. The first-order valence-electron chi connectivity index (χ1n) is 9.53. The van der Waals surface area contributed by atoms with E-state index in [1.54, 1.807) is 0 Å². The zero-order valence-electron chi connectivity index (χ0n) is 16.4. The van der Waals surface area contributed by atoms with Gasteiger partial charge in [-0.15, -0.1) is 6.42 Å². The van der Waals surface area contributed by atoms with Gasteiger partial charge in [0.25, 0.3) is 0 Å². The maximum absolute atomic E-state index is 6.03. The summed E-state index contributed by atoms with van der Waals surface area (Å²) in [5.74, 6) is 4.64. The molecule has 0 fully saturated rings. The molecule has 0 aromatic heterocycles. The topological polar surface area (TPSA) is 9.23 Å². The molecule has 3 aromatic rings. The van der Waals surface area contributed by atoms with Crippen molar-refractivity contribution >= 4 is 11.6 Å². The summed E-state index contributed by atoms with van der Waals surface area (Å²) in [5.41, 5.74) is 2.41. The summed E-state index contributed by atoms with van der Waals surface area (Å²) < 4.78 is 5.96. The lowest BCUT2D eigenvalue weighted by atomic mass is 9.78. The van der Waals surface area contributed by atoms with E-state index in [-0.39, 0.29) is 11.3 Å². The van der Waals surface area contributed by atoms with Crippen molar-refractivity contribution in [1.29, 1.82) is 0 Å². The van der Waals surface area contributed by atoms with E-state index < -0.39 is 0 Å². The van der Waals surface area contributed by atoms with Crippen LogP contribution in [-0.4, -0.2) is 0 Å². The van der Waals surface area contributed by atoms with Crippen LogP contribution in [-0.2, 0) is 5.41 Å². The average molecular weight is 389 g/mol. The lowest BCUT2D eigenvalue weighted by Crippen LogP contribution is -2.18. The van der Waals surface area contributed by atoms with Crippen LogP contribution in [0.5, 0.6) is 11.5 Å². The summed E-state index contributed by atoms with van der Waals surface area (Å²) in [5, 5.41) is 0.760. The van der Waals surface area contributed by atoms with E-state index in [0.29, 0.717) is 0 Å². The van der Waals surface area contributed by atoms with Gasteiger partial charge in [0.05, 0.1) is 0 Å². The van der Waals surface area contributed by atoms with Crippen LogP contribution in [0.3, 0.4) is 0 Å². The molecule has 0 saturated heterocycles. The van der Waals surface area contributed by atoms with E-state index in [0.717, 1.165) is 34.9 Å². The van der Waals surface area contributed by atoms with Crippen molar-refractivity contribution in [3.05, 3.63) is 95.0 Å². The normalized spacial score (nSPS) is 12.2. The molecule has 0 amide bonds. The Labute approximate surface area is 173 Å². The second kappa shape index (κ2) is 9.00. The maximum Gasteiger partial charge on any atom is 0.127 e. The van der Waals surface area contributed by atoms with Crippen LogP contribution in [0.15, 0.2) is 78.9 Å². The molecule has 2 heteroatoms. The second-order valence-corrected chi connectivity index (χ2v) is 8.07. The fraction of sp³-hybridized carbons (Fsp3) is 0.231. The second-order valence-electron chi connectivity index (χ2n) is 7.64. The van der Waals surface area contributed by atoms with Gasteiger partial charge in [-0.2, -0.15) is 0 Å². The van der Waals surface area contributed by atoms with E-state index in [1.807, 2.05) is 60.7 Å². The van der Waals surface area contributed by atoms with Crippen LogP contribution in [0, 0.1) is 12.3 Å². The zero-order chi connectivity index (χ0) is 20.0. The van der Waals surface area contributed by atoms with Gasteiger partial charge in [-0.1, -0.05) is 73.8 Å². The van der Waals surface area contributed by atoms with Crippen LogP contribution >= 0.6 is 11.6 Å². The molecule has 0 aliphatic carbocycles. The summed E-state index contributed by atoms with van der Waals surface area (Å²) in [6.45, 7) is 4.50. The molecule has 0 aliphatic rings. The van der Waals surface area contributed by atoms with Crippen LogP contribution in [0.2, 0.25) is 5.02 Å². The first kappa shape index (κ1) is 20.1. The van der Waals surface area contributed by atoms with Crippen LogP contribution in [0.25, 0.3) is 0 Å². The molecular formula is C26H25ClO. The van der Waals surface area contributed by atoms with Crippen LogP contribution < -0.4 is 4.74 Å². The third-order valence-corrected chi connectivity index (χ3v) is 5.38. The molecule has 3 rings (SSSR count). The molecule has 1 nitrogen and oxygen atoms in total. The molecule has 1 unspecified atom stereocenters. The van der Waals surface area contributed by atoms with E-state index >= 15 is 0 Å². The number of para-hydroxylation sites is 1. The SMILES string of the molecule is C#CC(CCC(C)(C)c1ccc(Cl)cc1)c1cccc(Oc2ccccc2)c1. The van der Waals surface area contributed by atoms with Crippen molar-refractivity contribution < 1.29 is 4.74 Å². The fourth-order valence-corrected chi connectivity index (χ4v) is 3.44. The Kier molecular flexibility index (Phi) is 6.45. The van der Waals surface area contributed by atoms with Crippen molar-refractivity contribution in [2.24, 2.45) is 0 Å². The maximum atomic E-state index is 6.03. The molecule has 142 valence electrons. The Hall–Kier alpha value is -2.69. The minimum atomic E-state index is 0.0256. The van der Waals surface area contributed by atoms with E-state index in [2.05, 4.69) is 38.0 Å². The Morgan fingerprint density at radius 1 is 0.929 bits per heavy atom. The largest absolute Gasteiger partial charge is 0.457 e. The van der Waals surface area contributed by atoms with Gasteiger partial charge < -0.3 is 4.74 Å².